The molecular weight excluding hydrogens is 371 g/mol. The van der Waals surface area contributed by atoms with Crippen LogP contribution in [0.1, 0.15) is 42.3 Å². The zero-order chi connectivity index (χ0) is 20.4. The van der Waals surface area contributed by atoms with E-state index in [0.29, 0.717) is 11.3 Å². The van der Waals surface area contributed by atoms with E-state index in [1.165, 1.54) is 12.3 Å². The number of ether oxygens (including phenoxy) is 1. The Balaban J connectivity index is 1.56. The molecule has 4 rings (SSSR count). The Morgan fingerprint density at radius 1 is 1.31 bits per heavy atom. The predicted octanol–water partition coefficient (Wildman–Crippen LogP) is 4.54. The minimum absolute atomic E-state index is 0.0501. The third-order valence-electron chi connectivity index (χ3n) is 5.18. The zero-order valence-corrected chi connectivity index (χ0v) is 16.5. The van der Waals surface area contributed by atoms with Gasteiger partial charge in [0.15, 0.2) is 6.23 Å². The van der Waals surface area contributed by atoms with Crippen LogP contribution in [0.4, 0.5) is 10.1 Å². The van der Waals surface area contributed by atoms with Crippen LogP contribution in [0.25, 0.3) is 17.0 Å². The summed E-state index contributed by atoms with van der Waals surface area (Å²) in [5.41, 5.74) is 3.53. The summed E-state index contributed by atoms with van der Waals surface area (Å²) in [6.45, 7) is 4.33. The fraction of sp³-hybridized carbons (Fsp3) is 0.318. The Labute approximate surface area is 168 Å². The van der Waals surface area contributed by atoms with Crippen molar-refractivity contribution in [1.29, 1.82) is 0 Å². The van der Waals surface area contributed by atoms with Gasteiger partial charge in [0.25, 0.3) is 0 Å². The molecule has 7 heteroatoms. The summed E-state index contributed by atoms with van der Waals surface area (Å²) in [5, 5.41) is 8.40. The predicted molar refractivity (Wildman–Crippen MR) is 110 cm³/mol. The van der Waals surface area contributed by atoms with Gasteiger partial charge in [-0.05, 0) is 50.8 Å². The van der Waals surface area contributed by atoms with Gasteiger partial charge in [0, 0.05) is 23.6 Å². The maximum absolute atomic E-state index is 13.6. The Bertz CT molecular complexity index is 1080. The third-order valence-corrected chi connectivity index (χ3v) is 5.18. The van der Waals surface area contributed by atoms with Crippen LogP contribution >= 0.6 is 0 Å². The van der Waals surface area contributed by atoms with Gasteiger partial charge in [-0.1, -0.05) is 12.1 Å². The number of benzene rings is 1. The van der Waals surface area contributed by atoms with Crippen LogP contribution in [0.5, 0.6) is 0 Å². The lowest BCUT2D eigenvalue weighted by molar-refractivity contribution is -0.111. The standard InChI is InChI=1S/C22H23FN4O2/c1-14-18(23)12-24-13-19(14)25-21(28)9-7-16-6-8-17-15(2)26-27(20(17)11-16)22-5-3-4-10-29-22/h6-9,11-13,22H,3-5,10H2,1-2H3,(H,25,28)/b9-7+. The Morgan fingerprint density at radius 3 is 2.97 bits per heavy atom. The number of nitrogens with zero attached hydrogens (tertiary/aromatic N) is 3. The highest BCUT2D eigenvalue weighted by Gasteiger charge is 2.20. The quantitative estimate of drug-likeness (QED) is 0.660. The Hall–Kier alpha value is -3.06. The molecule has 29 heavy (non-hydrogen) atoms. The summed E-state index contributed by atoms with van der Waals surface area (Å²) in [6.07, 6.45) is 8.81. The lowest BCUT2D eigenvalue weighted by Gasteiger charge is -2.23. The molecule has 0 bridgehead atoms. The lowest BCUT2D eigenvalue weighted by atomic mass is 10.1. The van der Waals surface area contributed by atoms with Crippen LogP contribution in [0.3, 0.4) is 0 Å². The van der Waals surface area contributed by atoms with E-state index in [2.05, 4.69) is 15.4 Å². The number of rotatable bonds is 4. The van der Waals surface area contributed by atoms with Crippen molar-refractivity contribution in [3.8, 4) is 0 Å². The number of nitrogens with one attached hydrogen (secondary N) is 1. The number of fused-ring (bicyclic) bond motifs is 1. The molecule has 2 aromatic heterocycles. The molecule has 150 valence electrons. The number of pyridine rings is 1. The zero-order valence-electron chi connectivity index (χ0n) is 16.5. The fourth-order valence-corrected chi connectivity index (χ4v) is 3.53. The summed E-state index contributed by atoms with van der Waals surface area (Å²) in [5.74, 6) is -0.799. The van der Waals surface area contributed by atoms with Gasteiger partial charge in [0.1, 0.15) is 5.82 Å². The maximum atomic E-state index is 13.6. The number of aromatic nitrogens is 3. The van der Waals surface area contributed by atoms with Gasteiger partial charge >= 0.3 is 0 Å². The van der Waals surface area contributed by atoms with E-state index in [1.54, 1.807) is 13.0 Å². The summed E-state index contributed by atoms with van der Waals surface area (Å²) in [6, 6.07) is 5.96. The first-order chi connectivity index (χ1) is 14.0. The van der Waals surface area contributed by atoms with Crippen molar-refractivity contribution in [2.24, 2.45) is 0 Å². The first-order valence-corrected chi connectivity index (χ1v) is 9.72. The lowest BCUT2D eigenvalue weighted by Crippen LogP contribution is -2.19. The van der Waals surface area contributed by atoms with E-state index in [0.717, 1.165) is 54.2 Å². The number of carbonyl (C=O) groups excluding carboxylic acids is 1. The van der Waals surface area contributed by atoms with Gasteiger partial charge in [-0.15, -0.1) is 0 Å². The maximum Gasteiger partial charge on any atom is 0.248 e. The van der Waals surface area contributed by atoms with Crippen LogP contribution in [-0.2, 0) is 9.53 Å². The molecule has 1 aromatic carbocycles. The van der Waals surface area contributed by atoms with Crippen LogP contribution in [0, 0.1) is 19.7 Å². The second kappa shape index (κ2) is 8.13. The van der Waals surface area contributed by atoms with Crippen molar-refractivity contribution in [3.05, 3.63) is 59.3 Å². The molecule has 0 spiro atoms. The number of hydrogen-bond donors (Lipinski definition) is 1. The van der Waals surface area contributed by atoms with E-state index in [4.69, 9.17) is 4.74 Å². The SMILES string of the molecule is Cc1c(F)cncc1NC(=O)/C=C/c1ccc2c(C)nn(C3CCCCO3)c2c1. The van der Waals surface area contributed by atoms with Gasteiger partial charge in [-0.3, -0.25) is 9.78 Å². The van der Waals surface area contributed by atoms with Crippen molar-refractivity contribution < 1.29 is 13.9 Å². The minimum Gasteiger partial charge on any atom is -0.356 e. The molecular formula is C22H23FN4O2. The first-order valence-electron chi connectivity index (χ1n) is 9.72. The molecule has 0 aliphatic carbocycles. The topological polar surface area (TPSA) is 69.0 Å². The van der Waals surface area contributed by atoms with Crippen molar-refractivity contribution in [2.45, 2.75) is 39.3 Å². The van der Waals surface area contributed by atoms with Crippen molar-refractivity contribution in [3.63, 3.8) is 0 Å². The van der Waals surface area contributed by atoms with Crippen LogP contribution in [0.15, 0.2) is 36.7 Å². The van der Waals surface area contributed by atoms with Crippen LogP contribution in [0.2, 0.25) is 0 Å². The molecule has 0 radical (unpaired) electrons. The summed E-state index contributed by atoms with van der Waals surface area (Å²) in [7, 11) is 0. The number of anilines is 1. The summed E-state index contributed by atoms with van der Waals surface area (Å²) >= 11 is 0. The molecule has 1 amide bonds. The van der Waals surface area contributed by atoms with Gasteiger partial charge in [0.05, 0.1) is 29.3 Å². The number of amides is 1. The highest BCUT2D eigenvalue weighted by atomic mass is 19.1. The highest BCUT2D eigenvalue weighted by Crippen LogP contribution is 2.28. The van der Waals surface area contributed by atoms with Gasteiger partial charge in [-0.25, -0.2) is 9.07 Å². The second-order valence-electron chi connectivity index (χ2n) is 7.24. The van der Waals surface area contributed by atoms with Crippen LogP contribution < -0.4 is 5.32 Å². The molecule has 0 saturated carbocycles. The van der Waals surface area contributed by atoms with E-state index in [-0.39, 0.29) is 12.1 Å². The molecule has 1 atom stereocenters. The van der Waals surface area contributed by atoms with E-state index in [9.17, 15) is 9.18 Å². The molecule has 1 fully saturated rings. The smallest absolute Gasteiger partial charge is 0.248 e. The van der Waals surface area contributed by atoms with Crippen LogP contribution in [-0.4, -0.2) is 27.3 Å². The van der Waals surface area contributed by atoms with E-state index in [1.807, 2.05) is 29.8 Å². The van der Waals surface area contributed by atoms with Crippen molar-refractivity contribution in [2.75, 3.05) is 11.9 Å². The van der Waals surface area contributed by atoms with E-state index >= 15 is 0 Å². The number of carbonyl (C=O) groups is 1. The molecule has 1 saturated heterocycles. The molecule has 1 aliphatic rings. The largest absolute Gasteiger partial charge is 0.356 e. The number of halogens is 1. The normalized spacial score (nSPS) is 17.1. The average molecular weight is 394 g/mol. The number of aryl methyl sites for hydroxylation is 1. The second-order valence-corrected chi connectivity index (χ2v) is 7.24. The molecule has 1 aliphatic heterocycles. The Morgan fingerprint density at radius 2 is 2.17 bits per heavy atom. The Kier molecular flexibility index (Phi) is 5.40. The van der Waals surface area contributed by atoms with Crippen molar-refractivity contribution >= 4 is 28.6 Å². The highest BCUT2D eigenvalue weighted by molar-refractivity contribution is 6.02. The molecule has 1 unspecified atom stereocenters. The molecule has 1 N–H and O–H groups in total. The average Bonchev–Trinajstić information content (AvgIpc) is 3.06. The molecule has 6 nitrogen and oxygen atoms in total. The minimum atomic E-state index is -0.453. The van der Waals surface area contributed by atoms with Gasteiger partial charge in [-0.2, -0.15) is 5.10 Å². The van der Waals surface area contributed by atoms with Crippen molar-refractivity contribution in [1.82, 2.24) is 14.8 Å². The summed E-state index contributed by atoms with van der Waals surface area (Å²) in [4.78, 5) is 16.0. The molecule has 3 heterocycles. The molecule has 3 aromatic rings. The fourth-order valence-electron chi connectivity index (χ4n) is 3.53. The monoisotopic (exact) mass is 394 g/mol. The van der Waals surface area contributed by atoms with Gasteiger partial charge < -0.3 is 10.1 Å². The summed E-state index contributed by atoms with van der Waals surface area (Å²) < 4.78 is 21.4. The van der Waals surface area contributed by atoms with E-state index < -0.39 is 5.82 Å². The van der Waals surface area contributed by atoms with Gasteiger partial charge in [0.2, 0.25) is 5.91 Å². The number of hydrogen-bond acceptors (Lipinski definition) is 4. The first kappa shape index (κ1) is 19.3. The third kappa shape index (κ3) is 4.05.